The zero-order chi connectivity index (χ0) is 24.0. The van der Waals surface area contributed by atoms with Crippen molar-refractivity contribution in [2.45, 2.75) is 25.4 Å². The first-order valence-corrected chi connectivity index (χ1v) is 11.6. The lowest BCUT2D eigenvalue weighted by Gasteiger charge is -2.42. The van der Waals surface area contributed by atoms with Gasteiger partial charge >= 0.3 is 0 Å². The first-order valence-electron chi connectivity index (χ1n) is 11.6. The van der Waals surface area contributed by atoms with Crippen LogP contribution in [0, 0.1) is 0 Å². The van der Waals surface area contributed by atoms with Gasteiger partial charge in [0.1, 0.15) is 18.4 Å². The van der Waals surface area contributed by atoms with Gasteiger partial charge in [0.25, 0.3) is 0 Å². The number of rotatable bonds is 9. The highest BCUT2D eigenvalue weighted by molar-refractivity contribution is 5.77. The molecular formula is C24H27N7O4. The fourth-order valence-electron chi connectivity index (χ4n) is 4.37. The first-order chi connectivity index (χ1) is 17.2. The number of hydrogen-bond donors (Lipinski definition) is 1. The number of benzene rings is 1. The van der Waals surface area contributed by atoms with Gasteiger partial charge in [-0.1, -0.05) is 6.07 Å². The normalized spacial score (nSPS) is 17.4. The standard InChI is InChI=1S/C24H27N7O4/c32-11-1-7-29-9-10-31(22-4-5-26-24(28-22)30-8-6-25-16-30)19(15-29)13-23(33)27-14-18-2-3-20-21(12-18)35-17-34-20/h2-6,8,11-12,16,19H,1,7,9-10,13-15,17H2,(H,27,33). The highest BCUT2D eigenvalue weighted by atomic mass is 16.7. The summed E-state index contributed by atoms with van der Waals surface area (Å²) in [5, 5.41) is 3.02. The van der Waals surface area contributed by atoms with Crippen molar-refractivity contribution in [3.63, 3.8) is 0 Å². The lowest BCUT2D eigenvalue weighted by molar-refractivity contribution is -0.121. The van der Waals surface area contributed by atoms with Gasteiger partial charge in [-0.3, -0.25) is 14.3 Å². The van der Waals surface area contributed by atoms with Gasteiger partial charge in [0, 0.05) is 64.2 Å². The predicted molar refractivity (Wildman–Crippen MR) is 126 cm³/mol. The molecule has 0 spiro atoms. The van der Waals surface area contributed by atoms with E-state index in [9.17, 15) is 9.59 Å². The largest absolute Gasteiger partial charge is 0.454 e. The molecule has 11 nitrogen and oxygen atoms in total. The summed E-state index contributed by atoms with van der Waals surface area (Å²) >= 11 is 0. The van der Waals surface area contributed by atoms with Gasteiger partial charge < -0.3 is 24.5 Å². The summed E-state index contributed by atoms with van der Waals surface area (Å²) in [6.45, 7) is 3.43. The number of hydrogen-bond acceptors (Lipinski definition) is 9. The Morgan fingerprint density at radius 2 is 2.09 bits per heavy atom. The Kier molecular flexibility index (Phi) is 6.85. The molecule has 1 atom stereocenters. The van der Waals surface area contributed by atoms with E-state index in [2.05, 4.69) is 25.1 Å². The number of nitrogens with one attached hydrogen (secondary N) is 1. The van der Waals surface area contributed by atoms with E-state index in [4.69, 9.17) is 14.5 Å². The van der Waals surface area contributed by atoms with Gasteiger partial charge in [-0.15, -0.1) is 0 Å². The van der Waals surface area contributed by atoms with Gasteiger partial charge in [0.05, 0.1) is 6.04 Å². The minimum Gasteiger partial charge on any atom is -0.454 e. The summed E-state index contributed by atoms with van der Waals surface area (Å²) in [5.41, 5.74) is 0.941. The molecule has 1 fully saturated rings. The van der Waals surface area contributed by atoms with E-state index in [1.807, 2.05) is 24.3 Å². The van der Waals surface area contributed by atoms with E-state index >= 15 is 0 Å². The van der Waals surface area contributed by atoms with Gasteiger partial charge in [0.15, 0.2) is 11.5 Å². The summed E-state index contributed by atoms with van der Waals surface area (Å²) in [6.07, 6.45) is 8.53. The van der Waals surface area contributed by atoms with Crippen LogP contribution in [0.3, 0.4) is 0 Å². The molecule has 5 rings (SSSR count). The Bertz CT molecular complexity index is 1170. The maximum atomic E-state index is 13.0. The zero-order valence-corrected chi connectivity index (χ0v) is 19.2. The second-order valence-electron chi connectivity index (χ2n) is 8.46. The van der Waals surface area contributed by atoms with E-state index < -0.39 is 0 Å². The second kappa shape index (κ2) is 10.5. The Balaban J connectivity index is 1.27. The number of carbonyl (C=O) groups excluding carboxylic acids is 2. The first kappa shape index (κ1) is 22.8. The van der Waals surface area contributed by atoms with Crippen LogP contribution in [0.4, 0.5) is 5.82 Å². The van der Waals surface area contributed by atoms with E-state index in [1.54, 1.807) is 29.5 Å². The Hall–Kier alpha value is -3.99. The summed E-state index contributed by atoms with van der Waals surface area (Å²) in [5.74, 6) is 2.63. The molecule has 1 amide bonds. The van der Waals surface area contributed by atoms with Crippen molar-refractivity contribution < 1.29 is 19.1 Å². The van der Waals surface area contributed by atoms with Crippen LogP contribution in [0.2, 0.25) is 0 Å². The lowest BCUT2D eigenvalue weighted by atomic mass is 10.1. The van der Waals surface area contributed by atoms with Gasteiger partial charge in [-0.05, 0) is 23.8 Å². The average molecular weight is 478 g/mol. The average Bonchev–Trinajstić information content (AvgIpc) is 3.59. The Labute approximate surface area is 202 Å². The van der Waals surface area contributed by atoms with Crippen molar-refractivity contribution in [2.24, 2.45) is 0 Å². The minimum atomic E-state index is -0.0994. The number of anilines is 1. The van der Waals surface area contributed by atoms with Crippen LogP contribution in [0.25, 0.3) is 5.95 Å². The zero-order valence-electron chi connectivity index (χ0n) is 19.2. The number of ether oxygens (including phenoxy) is 2. The molecule has 1 unspecified atom stereocenters. The summed E-state index contributed by atoms with van der Waals surface area (Å²) in [7, 11) is 0. The van der Waals surface area contributed by atoms with Crippen LogP contribution >= 0.6 is 0 Å². The molecule has 0 aliphatic carbocycles. The third-order valence-electron chi connectivity index (χ3n) is 6.14. The Morgan fingerprint density at radius 1 is 1.17 bits per heavy atom. The van der Waals surface area contributed by atoms with Crippen molar-refractivity contribution in [3.05, 3.63) is 54.7 Å². The fraction of sp³-hybridized carbons (Fsp3) is 0.375. The van der Waals surface area contributed by atoms with Crippen LogP contribution < -0.4 is 19.7 Å². The second-order valence-corrected chi connectivity index (χ2v) is 8.46. The number of carbonyl (C=O) groups is 2. The molecule has 1 saturated heterocycles. The van der Waals surface area contributed by atoms with Gasteiger partial charge in [-0.25, -0.2) is 9.97 Å². The van der Waals surface area contributed by atoms with Crippen LogP contribution in [0.15, 0.2) is 49.2 Å². The molecule has 3 aromatic rings. The number of aldehydes is 1. The monoisotopic (exact) mass is 477 g/mol. The highest BCUT2D eigenvalue weighted by Crippen LogP contribution is 2.32. The SMILES string of the molecule is O=CCCN1CCN(c2ccnc(-n3ccnc3)n2)C(CC(=O)NCc2ccc3c(c2)OCO3)C1. The molecule has 11 heteroatoms. The maximum Gasteiger partial charge on any atom is 0.236 e. The van der Waals surface area contributed by atoms with Crippen LogP contribution in [0.1, 0.15) is 18.4 Å². The number of piperazine rings is 1. The minimum absolute atomic E-state index is 0.0567. The van der Waals surface area contributed by atoms with Gasteiger partial charge in [-0.2, -0.15) is 4.98 Å². The summed E-state index contributed by atoms with van der Waals surface area (Å²) in [6, 6.07) is 7.41. The molecule has 1 aromatic carbocycles. The topological polar surface area (TPSA) is 115 Å². The number of nitrogens with zero attached hydrogens (tertiary/aromatic N) is 6. The van der Waals surface area contributed by atoms with E-state index in [0.29, 0.717) is 56.5 Å². The van der Waals surface area contributed by atoms with Crippen molar-refractivity contribution in [1.29, 1.82) is 0 Å². The van der Waals surface area contributed by atoms with E-state index in [0.717, 1.165) is 24.2 Å². The molecule has 2 aliphatic heterocycles. The number of imidazole rings is 1. The third kappa shape index (κ3) is 5.40. The molecule has 4 heterocycles. The smallest absolute Gasteiger partial charge is 0.236 e. The van der Waals surface area contributed by atoms with Crippen molar-refractivity contribution >= 4 is 18.0 Å². The van der Waals surface area contributed by atoms with E-state index in [1.165, 1.54) is 0 Å². The molecule has 35 heavy (non-hydrogen) atoms. The molecular weight excluding hydrogens is 450 g/mol. The quantitative estimate of drug-likeness (QED) is 0.454. The number of amides is 1. The molecule has 0 saturated carbocycles. The van der Waals surface area contributed by atoms with Crippen LogP contribution in [0.5, 0.6) is 11.5 Å². The maximum absolute atomic E-state index is 13.0. The molecule has 2 aliphatic rings. The van der Waals surface area contributed by atoms with Crippen LogP contribution in [-0.4, -0.2) is 75.6 Å². The lowest BCUT2D eigenvalue weighted by Crippen LogP contribution is -2.55. The highest BCUT2D eigenvalue weighted by Gasteiger charge is 2.30. The fourth-order valence-corrected chi connectivity index (χ4v) is 4.37. The summed E-state index contributed by atoms with van der Waals surface area (Å²) in [4.78, 5) is 41.3. The molecule has 1 N–H and O–H groups in total. The molecule has 182 valence electrons. The van der Waals surface area contributed by atoms with Crippen LogP contribution in [-0.2, 0) is 16.1 Å². The predicted octanol–water partition coefficient (Wildman–Crippen LogP) is 1.18. The third-order valence-corrected chi connectivity index (χ3v) is 6.14. The summed E-state index contributed by atoms with van der Waals surface area (Å²) < 4.78 is 12.5. The van der Waals surface area contributed by atoms with Crippen molar-refractivity contribution in [2.75, 3.05) is 37.9 Å². The number of fused-ring (bicyclic) bond motifs is 1. The molecule has 2 aromatic heterocycles. The van der Waals surface area contributed by atoms with Gasteiger partial charge in [0.2, 0.25) is 18.6 Å². The molecule has 0 radical (unpaired) electrons. The van der Waals surface area contributed by atoms with E-state index in [-0.39, 0.29) is 18.7 Å². The molecule has 0 bridgehead atoms. The Morgan fingerprint density at radius 3 is 2.94 bits per heavy atom. The van der Waals surface area contributed by atoms with Crippen molar-refractivity contribution in [3.8, 4) is 17.4 Å². The van der Waals surface area contributed by atoms with Crippen molar-refractivity contribution in [1.82, 2.24) is 29.7 Å². The number of aromatic nitrogens is 4.